The van der Waals surface area contributed by atoms with Gasteiger partial charge in [-0.05, 0) is 45.4 Å². The predicted molar refractivity (Wildman–Crippen MR) is 102 cm³/mol. The van der Waals surface area contributed by atoms with Gasteiger partial charge in [0, 0.05) is 29.6 Å². The van der Waals surface area contributed by atoms with Crippen LogP contribution in [0.5, 0.6) is 0 Å². The second kappa shape index (κ2) is 5.36. The van der Waals surface area contributed by atoms with Crippen molar-refractivity contribution in [1.82, 2.24) is 0 Å². The van der Waals surface area contributed by atoms with E-state index in [1.54, 1.807) is 13.8 Å². The third-order valence-electron chi connectivity index (χ3n) is 9.69. The molecular weight excluding hydrogens is 376 g/mol. The number of carbonyl (C=O) groups excluding carboxylic acids is 1. The average Bonchev–Trinajstić information content (AvgIpc) is 3.29. The normalized spacial score (nSPS) is 61.9. The topological polar surface area (TPSA) is 120 Å². The maximum Gasteiger partial charge on any atom is 0.303 e. The summed E-state index contributed by atoms with van der Waals surface area (Å²) in [5, 5.41) is 46.6. The Morgan fingerprint density at radius 3 is 2.38 bits per heavy atom. The number of aliphatic hydroxyl groups excluding tert-OH is 1. The summed E-state index contributed by atoms with van der Waals surface area (Å²) in [6.45, 7) is 8.62. The van der Waals surface area contributed by atoms with E-state index in [9.17, 15) is 25.2 Å². The minimum absolute atomic E-state index is 0.205. The molecule has 29 heavy (non-hydrogen) atoms. The minimum Gasteiger partial charge on any atom is -0.459 e. The summed E-state index contributed by atoms with van der Waals surface area (Å²) in [4.78, 5) is 12.1. The Bertz CT molecular complexity index is 760. The van der Waals surface area contributed by atoms with E-state index in [-0.39, 0.29) is 30.5 Å². The summed E-state index contributed by atoms with van der Waals surface area (Å²) in [6.07, 6.45) is -0.461. The summed E-state index contributed by atoms with van der Waals surface area (Å²) in [6, 6.07) is 0. The molecule has 164 valence electrons. The second-order valence-electron chi connectivity index (χ2n) is 11.5. The molecule has 5 aliphatic rings. The Kier molecular flexibility index (Phi) is 3.73. The van der Waals surface area contributed by atoms with Crippen molar-refractivity contribution in [2.45, 2.75) is 102 Å². The van der Waals surface area contributed by atoms with Crippen LogP contribution in [0.2, 0.25) is 0 Å². The number of carbonyl (C=O) groups is 1. The number of esters is 1. The van der Waals surface area contributed by atoms with Gasteiger partial charge in [-0.25, -0.2) is 0 Å². The van der Waals surface area contributed by atoms with Crippen LogP contribution in [-0.4, -0.2) is 67.6 Å². The standard InChI is InChI=1S/C22H34O7/c1-10(23)28-13-8-21-9-19(4,25)11(16(21)24)6-7-12(21)20(5,26)15-14-17(29-14)18(2,3)22(13,15)27/h11-17,24-27H,6-9H2,1-5H3/t11-,12+,13+,14+,15+,16+,17+,19-,20-,21+,22-/m1/s1. The van der Waals surface area contributed by atoms with Crippen molar-refractivity contribution in [3.05, 3.63) is 0 Å². The monoisotopic (exact) mass is 410 g/mol. The Labute approximate surface area is 171 Å². The molecule has 4 aliphatic carbocycles. The molecule has 7 heteroatoms. The number of ether oxygens (including phenoxy) is 2. The van der Waals surface area contributed by atoms with E-state index in [4.69, 9.17) is 9.47 Å². The van der Waals surface area contributed by atoms with E-state index in [0.717, 1.165) is 0 Å². The molecule has 1 heterocycles. The fraction of sp³-hybridized carbons (Fsp3) is 0.955. The quantitative estimate of drug-likeness (QED) is 0.372. The zero-order valence-corrected chi connectivity index (χ0v) is 17.9. The van der Waals surface area contributed by atoms with E-state index < -0.39 is 51.7 Å². The fourth-order valence-corrected chi connectivity index (χ4v) is 8.56. The van der Waals surface area contributed by atoms with Crippen LogP contribution in [0, 0.1) is 28.6 Å². The third-order valence-corrected chi connectivity index (χ3v) is 9.69. The highest BCUT2D eigenvalue weighted by molar-refractivity contribution is 5.66. The molecule has 5 fully saturated rings. The Morgan fingerprint density at radius 1 is 1.10 bits per heavy atom. The smallest absolute Gasteiger partial charge is 0.303 e. The van der Waals surface area contributed by atoms with Gasteiger partial charge in [-0.1, -0.05) is 13.8 Å². The van der Waals surface area contributed by atoms with Crippen LogP contribution >= 0.6 is 0 Å². The van der Waals surface area contributed by atoms with E-state index in [0.29, 0.717) is 19.3 Å². The fourth-order valence-electron chi connectivity index (χ4n) is 8.56. The first-order valence-corrected chi connectivity index (χ1v) is 10.9. The van der Waals surface area contributed by atoms with Gasteiger partial charge in [-0.3, -0.25) is 4.79 Å². The highest BCUT2D eigenvalue weighted by atomic mass is 16.6. The Balaban J connectivity index is 1.71. The van der Waals surface area contributed by atoms with Crippen LogP contribution in [0.3, 0.4) is 0 Å². The molecule has 4 N–H and O–H groups in total. The second-order valence-corrected chi connectivity index (χ2v) is 11.5. The molecule has 0 amide bonds. The van der Waals surface area contributed by atoms with Gasteiger partial charge in [-0.15, -0.1) is 0 Å². The van der Waals surface area contributed by atoms with E-state index in [2.05, 4.69) is 0 Å². The van der Waals surface area contributed by atoms with Crippen LogP contribution < -0.4 is 0 Å². The number of hydrogen-bond acceptors (Lipinski definition) is 7. The number of fused-ring (bicyclic) bond motifs is 4. The van der Waals surface area contributed by atoms with Gasteiger partial charge in [0.1, 0.15) is 11.7 Å². The molecule has 4 saturated carbocycles. The van der Waals surface area contributed by atoms with Gasteiger partial charge in [0.15, 0.2) is 0 Å². The number of hydrogen-bond donors (Lipinski definition) is 4. The molecule has 0 radical (unpaired) electrons. The number of aliphatic hydroxyl groups is 4. The summed E-state index contributed by atoms with van der Waals surface area (Å²) in [7, 11) is 0. The number of epoxide rings is 1. The van der Waals surface area contributed by atoms with Gasteiger partial charge >= 0.3 is 5.97 Å². The lowest BCUT2D eigenvalue weighted by atomic mass is 9.57. The van der Waals surface area contributed by atoms with Crippen molar-refractivity contribution in [2.75, 3.05) is 0 Å². The summed E-state index contributed by atoms with van der Waals surface area (Å²) >= 11 is 0. The van der Waals surface area contributed by atoms with Gasteiger partial charge in [0.2, 0.25) is 0 Å². The van der Waals surface area contributed by atoms with Gasteiger partial charge in [0.05, 0.1) is 29.5 Å². The first-order valence-electron chi connectivity index (χ1n) is 10.9. The third kappa shape index (κ3) is 2.14. The maximum absolute atomic E-state index is 12.2. The molecule has 0 aromatic carbocycles. The lowest BCUT2D eigenvalue weighted by molar-refractivity contribution is -0.230. The Morgan fingerprint density at radius 2 is 1.76 bits per heavy atom. The lowest BCUT2D eigenvalue weighted by Gasteiger charge is -2.51. The molecule has 2 bridgehead atoms. The first kappa shape index (κ1) is 20.2. The van der Waals surface area contributed by atoms with Crippen molar-refractivity contribution >= 4 is 5.97 Å². The highest BCUT2D eigenvalue weighted by Crippen LogP contribution is 2.73. The van der Waals surface area contributed by atoms with E-state index in [1.165, 1.54) is 6.92 Å². The summed E-state index contributed by atoms with van der Waals surface area (Å²) in [5.41, 5.74) is -5.48. The van der Waals surface area contributed by atoms with Gasteiger partial charge in [0.25, 0.3) is 0 Å². The molecule has 0 aromatic heterocycles. The lowest BCUT2D eigenvalue weighted by Crippen LogP contribution is -2.63. The molecule has 7 nitrogen and oxygen atoms in total. The maximum atomic E-state index is 12.2. The van der Waals surface area contributed by atoms with E-state index >= 15 is 0 Å². The van der Waals surface area contributed by atoms with Crippen molar-refractivity contribution in [3.63, 3.8) is 0 Å². The molecule has 0 unspecified atom stereocenters. The van der Waals surface area contributed by atoms with Crippen LogP contribution in [0.1, 0.15) is 60.3 Å². The van der Waals surface area contributed by atoms with Gasteiger partial charge < -0.3 is 29.9 Å². The predicted octanol–water partition coefficient (Wildman–Crippen LogP) is 0.755. The summed E-state index contributed by atoms with van der Waals surface area (Å²) < 4.78 is 11.6. The molecule has 0 aromatic rings. The van der Waals surface area contributed by atoms with Crippen molar-refractivity contribution in [2.24, 2.45) is 28.6 Å². The molecule has 5 rings (SSSR count). The van der Waals surface area contributed by atoms with Crippen LogP contribution in [-0.2, 0) is 14.3 Å². The number of rotatable bonds is 1. The molecule has 1 saturated heterocycles. The first-order chi connectivity index (χ1) is 13.2. The molecule has 1 aliphatic heterocycles. The zero-order valence-electron chi connectivity index (χ0n) is 17.9. The molecule has 1 spiro atoms. The largest absolute Gasteiger partial charge is 0.459 e. The van der Waals surface area contributed by atoms with E-state index in [1.807, 2.05) is 13.8 Å². The SMILES string of the molecule is CC(=O)O[C@H]1C[C@]23C[C@@](C)(O)[C@H](CC[C@H]2[C@@](C)(O)[C@@H]2[C@@H]4O[C@@H]4C(C)(C)[C@@]12O)[C@@H]3O. The molecule has 11 atom stereocenters. The van der Waals surface area contributed by atoms with Crippen molar-refractivity contribution in [3.8, 4) is 0 Å². The molecular formula is C22H34O7. The Hall–Kier alpha value is -0.730. The summed E-state index contributed by atoms with van der Waals surface area (Å²) in [5.74, 6) is -1.78. The zero-order chi connectivity index (χ0) is 21.4. The van der Waals surface area contributed by atoms with Crippen LogP contribution in [0.15, 0.2) is 0 Å². The highest BCUT2D eigenvalue weighted by Gasteiger charge is 2.83. The van der Waals surface area contributed by atoms with Crippen molar-refractivity contribution < 1.29 is 34.7 Å². The minimum atomic E-state index is -1.49. The van der Waals surface area contributed by atoms with Crippen LogP contribution in [0.25, 0.3) is 0 Å². The van der Waals surface area contributed by atoms with Crippen molar-refractivity contribution in [1.29, 1.82) is 0 Å². The van der Waals surface area contributed by atoms with Crippen LogP contribution in [0.4, 0.5) is 0 Å². The average molecular weight is 411 g/mol. The van der Waals surface area contributed by atoms with Gasteiger partial charge in [-0.2, -0.15) is 0 Å².